The Kier molecular flexibility index (Phi) is 10.9. The fourth-order valence-electron chi connectivity index (χ4n) is 1.42. The van der Waals surface area contributed by atoms with Crippen molar-refractivity contribution >= 4 is 23.1 Å². The highest BCUT2D eigenvalue weighted by atomic mass is 32.1. The van der Waals surface area contributed by atoms with Gasteiger partial charge in [0.15, 0.2) is 0 Å². The number of nitrogens with zero attached hydrogens (tertiary/aromatic N) is 1. The van der Waals surface area contributed by atoms with Gasteiger partial charge in [-0.2, -0.15) is 0 Å². The molecule has 106 valence electrons. The largest absolute Gasteiger partial charge is 0.393 e. The Morgan fingerprint density at radius 3 is 2.72 bits per heavy atom. The van der Waals surface area contributed by atoms with Gasteiger partial charge in [0.05, 0.1) is 18.1 Å². The zero-order chi connectivity index (χ0) is 13.8. The van der Waals surface area contributed by atoms with E-state index in [1.165, 1.54) is 0 Å². The Hall–Kier alpha value is -0.720. The van der Waals surface area contributed by atoms with Gasteiger partial charge in [-0.25, -0.2) is 0 Å². The molecule has 0 unspecified atom stereocenters. The number of carbonyl (C=O) groups excluding carboxylic acids is 1. The Balaban J connectivity index is 3.96. The number of ether oxygens (including phenoxy) is 1. The molecular formula is C12H25N3O2S. The van der Waals surface area contributed by atoms with E-state index < -0.39 is 0 Å². The first-order valence-corrected chi connectivity index (χ1v) is 6.77. The van der Waals surface area contributed by atoms with Crippen molar-refractivity contribution in [1.82, 2.24) is 10.2 Å². The smallest absolute Gasteiger partial charge is 0.234 e. The predicted molar refractivity (Wildman–Crippen MR) is 77.6 cm³/mol. The van der Waals surface area contributed by atoms with Crippen molar-refractivity contribution in [3.8, 4) is 0 Å². The number of carbonyl (C=O) groups is 1. The molecule has 0 bridgehead atoms. The molecule has 0 spiro atoms. The fraction of sp³-hybridized carbons (Fsp3) is 0.833. The normalized spacial score (nSPS) is 10.6. The average Bonchev–Trinajstić information content (AvgIpc) is 2.32. The minimum absolute atomic E-state index is 0.0440. The maximum absolute atomic E-state index is 11.7. The van der Waals surface area contributed by atoms with Gasteiger partial charge in [0.1, 0.15) is 0 Å². The maximum atomic E-state index is 11.7. The predicted octanol–water partition coefficient (Wildman–Crippen LogP) is 0.527. The summed E-state index contributed by atoms with van der Waals surface area (Å²) in [4.78, 5) is 14.2. The molecule has 0 atom stereocenters. The molecule has 0 radical (unpaired) electrons. The molecule has 0 aromatic rings. The van der Waals surface area contributed by atoms with Crippen LogP contribution in [0.3, 0.4) is 0 Å². The van der Waals surface area contributed by atoms with Gasteiger partial charge in [0.25, 0.3) is 0 Å². The van der Waals surface area contributed by atoms with Gasteiger partial charge in [0.2, 0.25) is 5.91 Å². The van der Waals surface area contributed by atoms with Crippen LogP contribution in [0.4, 0.5) is 0 Å². The number of rotatable bonds is 11. The highest BCUT2D eigenvalue weighted by Gasteiger charge is 2.10. The molecule has 0 saturated heterocycles. The third-order valence-corrected chi connectivity index (χ3v) is 2.71. The number of methoxy groups -OCH3 is 1. The third kappa shape index (κ3) is 10.4. The molecule has 0 aromatic heterocycles. The van der Waals surface area contributed by atoms with Gasteiger partial charge in [0, 0.05) is 33.2 Å². The summed E-state index contributed by atoms with van der Waals surface area (Å²) < 4.78 is 5.02. The highest BCUT2D eigenvalue weighted by Crippen LogP contribution is 1.93. The summed E-state index contributed by atoms with van der Waals surface area (Å²) in [6, 6.07) is 0. The van der Waals surface area contributed by atoms with Crippen LogP contribution in [0.25, 0.3) is 0 Å². The standard InChI is InChI=1S/C12H25N3O2S/c1-3-4-6-14-12(16)10-15(8-9-17-2)7-5-11(13)18/h3-10H2,1-2H3,(H2,13,18)(H,14,16). The second kappa shape index (κ2) is 11.4. The number of hydrogen-bond donors (Lipinski definition) is 2. The van der Waals surface area contributed by atoms with Crippen LogP contribution in [-0.4, -0.2) is 55.7 Å². The van der Waals surface area contributed by atoms with Gasteiger partial charge in [-0.15, -0.1) is 0 Å². The van der Waals surface area contributed by atoms with E-state index in [1.54, 1.807) is 7.11 Å². The fourth-order valence-corrected chi connectivity index (χ4v) is 1.51. The Morgan fingerprint density at radius 1 is 1.44 bits per heavy atom. The lowest BCUT2D eigenvalue weighted by Gasteiger charge is -2.21. The molecule has 0 aliphatic carbocycles. The summed E-state index contributed by atoms with van der Waals surface area (Å²) in [5.41, 5.74) is 5.47. The van der Waals surface area contributed by atoms with E-state index in [0.29, 0.717) is 37.7 Å². The molecular weight excluding hydrogens is 250 g/mol. The van der Waals surface area contributed by atoms with Crippen LogP contribution in [-0.2, 0) is 9.53 Å². The summed E-state index contributed by atoms with van der Waals surface area (Å²) in [6.07, 6.45) is 2.72. The van der Waals surface area contributed by atoms with Crippen LogP contribution in [0.1, 0.15) is 26.2 Å². The second-order valence-corrected chi connectivity index (χ2v) is 4.71. The lowest BCUT2D eigenvalue weighted by atomic mass is 10.3. The van der Waals surface area contributed by atoms with E-state index in [1.807, 2.05) is 4.90 Å². The first kappa shape index (κ1) is 17.3. The van der Waals surface area contributed by atoms with Crippen LogP contribution >= 0.6 is 12.2 Å². The van der Waals surface area contributed by atoms with E-state index in [-0.39, 0.29) is 5.91 Å². The van der Waals surface area contributed by atoms with Crippen LogP contribution in [0, 0.1) is 0 Å². The van der Waals surface area contributed by atoms with Crippen molar-refractivity contribution < 1.29 is 9.53 Å². The molecule has 0 aliphatic rings. The van der Waals surface area contributed by atoms with Crippen molar-refractivity contribution in [2.75, 3.05) is 39.9 Å². The van der Waals surface area contributed by atoms with E-state index in [9.17, 15) is 4.79 Å². The number of unbranched alkanes of at least 4 members (excludes halogenated alkanes) is 1. The molecule has 0 saturated carbocycles. The monoisotopic (exact) mass is 275 g/mol. The van der Waals surface area contributed by atoms with Crippen LogP contribution in [0.2, 0.25) is 0 Å². The molecule has 0 aromatic carbocycles. The zero-order valence-electron chi connectivity index (χ0n) is 11.4. The van der Waals surface area contributed by atoms with Gasteiger partial charge >= 0.3 is 0 Å². The number of hydrogen-bond acceptors (Lipinski definition) is 4. The Labute approximate surface area is 115 Å². The van der Waals surface area contributed by atoms with Gasteiger partial charge in [-0.1, -0.05) is 25.6 Å². The molecule has 5 nitrogen and oxygen atoms in total. The number of nitrogens with one attached hydrogen (secondary N) is 1. The summed E-state index contributed by atoms with van der Waals surface area (Å²) in [6.45, 7) is 5.21. The van der Waals surface area contributed by atoms with E-state index >= 15 is 0 Å². The van der Waals surface area contributed by atoms with Crippen molar-refractivity contribution in [2.24, 2.45) is 5.73 Å². The second-order valence-electron chi connectivity index (χ2n) is 4.19. The quantitative estimate of drug-likeness (QED) is 0.425. The highest BCUT2D eigenvalue weighted by molar-refractivity contribution is 7.80. The molecule has 0 heterocycles. The molecule has 18 heavy (non-hydrogen) atoms. The minimum atomic E-state index is 0.0440. The topological polar surface area (TPSA) is 67.6 Å². The van der Waals surface area contributed by atoms with E-state index in [0.717, 1.165) is 19.4 Å². The number of nitrogens with two attached hydrogens (primary N) is 1. The van der Waals surface area contributed by atoms with Crippen molar-refractivity contribution in [2.45, 2.75) is 26.2 Å². The summed E-state index contributed by atoms with van der Waals surface area (Å²) >= 11 is 4.85. The number of thiocarbonyl (C=S) groups is 1. The van der Waals surface area contributed by atoms with Crippen molar-refractivity contribution in [3.05, 3.63) is 0 Å². The van der Waals surface area contributed by atoms with Gasteiger partial charge < -0.3 is 15.8 Å². The van der Waals surface area contributed by atoms with Crippen LogP contribution in [0.5, 0.6) is 0 Å². The maximum Gasteiger partial charge on any atom is 0.234 e. The molecule has 3 N–H and O–H groups in total. The summed E-state index contributed by atoms with van der Waals surface area (Å²) in [7, 11) is 1.65. The lowest BCUT2D eigenvalue weighted by Crippen LogP contribution is -2.40. The van der Waals surface area contributed by atoms with E-state index in [4.69, 9.17) is 22.7 Å². The molecule has 1 amide bonds. The minimum Gasteiger partial charge on any atom is -0.393 e. The van der Waals surface area contributed by atoms with Crippen LogP contribution < -0.4 is 11.1 Å². The third-order valence-electron chi connectivity index (χ3n) is 2.51. The van der Waals surface area contributed by atoms with Crippen molar-refractivity contribution in [1.29, 1.82) is 0 Å². The Morgan fingerprint density at radius 2 is 2.17 bits per heavy atom. The van der Waals surface area contributed by atoms with Crippen molar-refractivity contribution in [3.63, 3.8) is 0 Å². The van der Waals surface area contributed by atoms with Gasteiger partial charge in [-0.05, 0) is 6.42 Å². The molecule has 0 rings (SSSR count). The van der Waals surface area contributed by atoms with Gasteiger partial charge in [-0.3, -0.25) is 9.69 Å². The lowest BCUT2D eigenvalue weighted by molar-refractivity contribution is -0.122. The summed E-state index contributed by atoms with van der Waals surface area (Å²) in [5, 5.41) is 2.89. The summed E-state index contributed by atoms with van der Waals surface area (Å²) in [5.74, 6) is 0.0440. The first-order chi connectivity index (χ1) is 8.60. The Bertz CT molecular complexity index is 249. The molecule has 0 fully saturated rings. The molecule has 6 heteroatoms. The van der Waals surface area contributed by atoms with E-state index in [2.05, 4.69) is 12.2 Å². The number of amides is 1. The zero-order valence-corrected chi connectivity index (χ0v) is 12.2. The average molecular weight is 275 g/mol. The molecule has 0 aliphatic heterocycles. The SMILES string of the molecule is CCCCNC(=O)CN(CCOC)CCC(N)=S. The van der Waals surface area contributed by atoms with Crippen LogP contribution in [0.15, 0.2) is 0 Å². The first-order valence-electron chi connectivity index (χ1n) is 6.36.